The van der Waals surface area contributed by atoms with Crippen LogP contribution in [0.1, 0.15) is 12.8 Å². The molecular weight excluding hydrogens is 178 g/mol. The van der Waals surface area contributed by atoms with Crippen LogP contribution in [0.15, 0.2) is 0 Å². The molecule has 4 nitrogen and oxygen atoms in total. The third kappa shape index (κ3) is 1.91. The van der Waals surface area contributed by atoms with Gasteiger partial charge in [0.05, 0.1) is 5.92 Å². The molecule has 2 aliphatic rings. The summed E-state index contributed by atoms with van der Waals surface area (Å²) in [5, 5.41) is 3.23. The third-order valence-electron chi connectivity index (χ3n) is 3.34. The molecule has 2 saturated heterocycles. The molecule has 3 N–H and O–H groups in total. The molecule has 4 heteroatoms. The van der Waals surface area contributed by atoms with Gasteiger partial charge in [0.2, 0.25) is 5.91 Å². The summed E-state index contributed by atoms with van der Waals surface area (Å²) < 4.78 is 0. The topological polar surface area (TPSA) is 58.4 Å². The second-order valence-electron chi connectivity index (χ2n) is 4.36. The van der Waals surface area contributed by atoms with Crippen LogP contribution in [0.4, 0.5) is 0 Å². The Balaban J connectivity index is 1.86. The van der Waals surface area contributed by atoms with Crippen LogP contribution in [0.3, 0.4) is 0 Å². The van der Waals surface area contributed by atoms with E-state index in [0.717, 1.165) is 39.0 Å². The lowest BCUT2D eigenvalue weighted by molar-refractivity contribution is -0.133. The van der Waals surface area contributed by atoms with Gasteiger partial charge in [0.1, 0.15) is 0 Å². The van der Waals surface area contributed by atoms with Gasteiger partial charge >= 0.3 is 0 Å². The Labute approximate surface area is 84.8 Å². The highest BCUT2D eigenvalue weighted by Gasteiger charge is 2.31. The van der Waals surface area contributed by atoms with Crippen LogP contribution in [-0.2, 0) is 4.79 Å². The second kappa shape index (κ2) is 4.28. The van der Waals surface area contributed by atoms with Gasteiger partial charge in [0, 0.05) is 19.6 Å². The Bertz CT molecular complexity index is 213. The highest BCUT2D eigenvalue weighted by atomic mass is 16.2. The number of likely N-dealkylation sites (tertiary alicyclic amines) is 1. The molecule has 0 radical (unpaired) electrons. The normalized spacial score (nSPS) is 32.5. The Kier molecular flexibility index (Phi) is 3.03. The van der Waals surface area contributed by atoms with Crippen molar-refractivity contribution in [3.63, 3.8) is 0 Å². The maximum Gasteiger partial charge on any atom is 0.227 e. The predicted octanol–water partition coefficient (Wildman–Crippen LogP) is -0.597. The van der Waals surface area contributed by atoms with Crippen molar-refractivity contribution in [3.05, 3.63) is 0 Å². The molecule has 0 aromatic carbocycles. The number of nitrogens with one attached hydrogen (secondary N) is 1. The molecule has 0 aromatic rings. The van der Waals surface area contributed by atoms with E-state index in [-0.39, 0.29) is 5.92 Å². The monoisotopic (exact) mass is 197 g/mol. The maximum absolute atomic E-state index is 12.0. The number of hydrogen-bond acceptors (Lipinski definition) is 3. The van der Waals surface area contributed by atoms with E-state index in [1.165, 1.54) is 0 Å². The Morgan fingerprint density at radius 1 is 1.50 bits per heavy atom. The highest BCUT2D eigenvalue weighted by Crippen LogP contribution is 2.19. The van der Waals surface area contributed by atoms with Gasteiger partial charge < -0.3 is 16.0 Å². The Hall–Kier alpha value is -0.610. The van der Waals surface area contributed by atoms with Crippen molar-refractivity contribution in [1.82, 2.24) is 10.2 Å². The number of carbonyl (C=O) groups excluding carboxylic acids is 1. The van der Waals surface area contributed by atoms with Gasteiger partial charge in [0.15, 0.2) is 0 Å². The van der Waals surface area contributed by atoms with Gasteiger partial charge in [-0.3, -0.25) is 4.79 Å². The first-order valence-corrected chi connectivity index (χ1v) is 5.51. The van der Waals surface area contributed by atoms with Crippen molar-refractivity contribution < 1.29 is 4.79 Å². The van der Waals surface area contributed by atoms with E-state index in [2.05, 4.69) is 5.32 Å². The first kappa shape index (κ1) is 9.93. The molecule has 0 bridgehead atoms. The zero-order valence-electron chi connectivity index (χ0n) is 8.54. The summed E-state index contributed by atoms with van der Waals surface area (Å²) in [6.07, 6.45) is 2.09. The standard InChI is InChI=1S/C10H19N3O/c11-5-8-2-4-13(7-8)10(14)9-1-3-12-6-9/h8-9,12H,1-7,11H2/t8?,9-/m0/s1. The summed E-state index contributed by atoms with van der Waals surface area (Å²) in [5.41, 5.74) is 5.60. The molecule has 0 aliphatic carbocycles. The highest BCUT2D eigenvalue weighted by molar-refractivity contribution is 5.79. The molecular formula is C10H19N3O. The lowest BCUT2D eigenvalue weighted by Crippen LogP contribution is -2.35. The van der Waals surface area contributed by atoms with Gasteiger partial charge in [-0.25, -0.2) is 0 Å². The minimum absolute atomic E-state index is 0.228. The maximum atomic E-state index is 12.0. The van der Waals surface area contributed by atoms with Crippen LogP contribution in [0.25, 0.3) is 0 Å². The Morgan fingerprint density at radius 3 is 2.93 bits per heavy atom. The summed E-state index contributed by atoms with van der Waals surface area (Å²) in [6, 6.07) is 0. The zero-order valence-corrected chi connectivity index (χ0v) is 8.54. The minimum Gasteiger partial charge on any atom is -0.342 e. The summed E-state index contributed by atoms with van der Waals surface area (Å²) in [7, 11) is 0. The van der Waals surface area contributed by atoms with E-state index < -0.39 is 0 Å². The van der Waals surface area contributed by atoms with Crippen molar-refractivity contribution in [2.24, 2.45) is 17.6 Å². The first-order chi connectivity index (χ1) is 6.81. The largest absolute Gasteiger partial charge is 0.342 e. The quantitative estimate of drug-likeness (QED) is 0.621. The van der Waals surface area contributed by atoms with E-state index in [1.54, 1.807) is 0 Å². The van der Waals surface area contributed by atoms with Crippen molar-refractivity contribution in [3.8, 4) is 0 Å². The van der Waals surface area contributed by atoms with Crippen molar-refractivity contribution in [2.75, 3.05) is 32.7 Å². The molecule has 2 aliphatic heterocycles. The van der Waals surface area contributed by atoms with E-state index in [4.69, 9.17) is 5.73 Å². The summed E-state index contributed by atoms with van der Waals surface area (Å²) >= 11 is 0. The molecule has 2 heterocycles. The fraction of sp³-hybridized carbons (Fsp3) is 0.900. The van der Waals surface area contributed by atoms with Crippen LogP contribution in [-0.4, -0.2) is 43.5 Å². The van der Waals surface area contributed by atoms with Gasteiger partial charge in [-0.15, -0.1) is 0 Å². The smallest absolute Gasteiger partial charge is 0.227 e. The number of nitrogens with two attached hydrogens (primary N) is 1. The van der Waals surface area contributed by atoms with Gasteiger partial charge in [-0.2, -0.15) is 0 Å². The van der Waals surface area contributed by atoms with Crippen LogP contribution < -0.4 is 11.1 Å². The molecule has 1 amide bonds. The first-order valence-electron chi connectivity index (χ1n) is 5.51. The molecule has 80 valence electrons. The van der Waals surface area contributed by atoms with Crippen molar-refractivity contribution in [2.45, 2.75) is 12.8 Å². The number of hydrogen-bond donors (Lipinski definition) is 2. The minimum atomic E-state index is 0.228. The predicted molar refractivity (Wildman–Crippen MR) is 54.7 cm³/mol. The van der Waals surface area contributed by atoms with Crippen molar-refractivity contribution in [1.29, 1.82) is 0 Å². The molecule has 14 heavy (non-hydrogen) atoms. The molecule has 0 spiro atoms. The van der Waals surface area contributed by atoms with Gasteiger partial charge in [-0.05, 0) is 31.8 Å². The van der Waals surface area contributed by atoms with Gasteiger partial charge in [0.25, 0.3) is 0 Å². The van der Waals surface area contributed by atoms with Crippen molar-refractivity contribution >= 4 is 5.91 Å². The fourth-order valence-corrected chi connectivity index (χ4v) is 2.35. The molecule has 2 atom stereocenters. The lowest BCUT2D eigenvalue weighted by Gasteiger charge is -2.19. The van der Waals surface area contributed by atoms with Crippen LogP contribution in [0.5, 0.6) is 0 Å². The van der Waals surface area contributed by atoms with Gasteiger partial charge in [-0.1, -0.05) is 0 Å². The lowest BCUT2D eigenvalue weighted by atomic mass is 10.1. The van der Waals surface area contributed by atoms with E-state index >= 15 is 0 Å². The molecule has 1 unspecified atom stereocenters. The Morgan fingerprint density at radius 2 is 2.36 bits per heavy atom. The molecule has 0 aromatic heterocycles. The summed E-state index contributed by atoms with van der Waals surface area (Å²) in [6.45, 7) is 4.36. The number of carbonyl (C=O) groups is 1. The van der Waals surface area contributed by atoms with Crippen LogP contribution in [0.2, 0.25) is 0 Å². The third-order valence-corrected chi connectivity index (χ3v) is 3.34. The SMILES string of the molecule is NCC1CCN(C(=O)[C@H]2CCNC2)C1. The average Bonchev–Trinajstić information content (AvgIpc) is 2.88. The number of nitrogens with zero attached hydrogens (tertiary/aromatic N) is 1. The summed E-state index contributed by atoms with van der Waals surface area (Å²) in [4.78, 5) is 13.9. The van der Waals surface area contributed by atoms with E-state index in [1.807, 2.05) is 4.90 Å². The van der Waals surface area contributed by atoms with E-state index in [0.29, 0.717) is 18.4 Å². The van der Waals surface area contributed by atoms with Crippen LogP contribution in [0, 0.1) is 11.8 Å². The summed E-state index contributed by atoms with van der Waals surface area (Å²) in [5.74, 6) is 1.10. The number of amides is 1. The average molecular weight is 197 g/mol. The zero-order chi connectivity index (χ0) is 9.97. The molecule has 2 rings (SSSR count). The molecule has 2 fully saturated rings. The van der Waals surface area contributed by atoms with E-state index in [9.17, 15) is 4.79 Å². The molecule has 0 saturated carbocycles. The van der Waals surface area contributed by atoms with Crippen LogP contribution >= 0.6 is 0 Å². The second-order valence-corrected chi connectivity index (χ2v) is 4.36. The fourth-order valence-electron chi connectivity index (χ4n) is 2.35. The number of rotatable bonds is 2.